The van der Waals surface area contributed by atoms with Gasteiger partial charge in [-0.2, -0.15) is 5.10 Å². The van der Waals surface area contributed by atoms with Crippen LogP contribution in [0.25, 0.3) is 10.9 Å². The van der Waals surface area contributed by atoms with Gasteiger partial charge in [0.15, 0.2) is 0 Å². The Morgan fingerprint density at radius 1 is 1.03 bits per heavy atom. The van der Waals surface area contributed by atoms with Crippen LogP contribution in [0.4, 0.5) is 0 Å². The first-order chi connectivity index (χ1) is 14.0. The summed E-state index contributed by atoms with van der Waals surface area (Å²) in [6, 6.07) is 16.4. The van der Waals surface area contributed by atoms with Crippen molar-refractivity contribution < 1.29 is 4.79 Å². The van der Waals surface area contributed by atoms with Crippen LogP contribution in [-0.2, 0) is 20.1 Å². The summed E-state index contributed by atoms with van der Waals surface area (Å²) in [6.45, 7) is 7.57. The average Bonchev–Trinajstić information content (AvgIpc) is 3.18. The van der Waals surface area contributed by atoms with E-state index < -0.39 is 0 Å². The van der Waals surface area contributed by atoms with Crippen molar-refractivity contribution in [2.75, 3.05) is 0 Å². The number of carbonyl (C=O) groups excluding carboxylic acids is 1. The molecule has 0 spiro atoms. The normalized spacial score (nSPS) is 11.2. The van der Waals surface area contributed by atoms with Gasteiger partial charge in [-0.1, -0.05) is 30.3 Å². The Morgan fingerprint density at radius 2 is 1.79 bits per heavy atom. The zero-order valence-electron chi connectivity index (χ0n) is 17.4. The van der Waals surface area contributed by atoms with Gasteiger partial charge in [-0.15, -0.1) is 0 Å². The molecule has 0 aliphatic heterocycles. The van der Waals surface area contributed by atoms with Crippen molar-refractivity contribution in [3.63, 3.8) is 0 Å². The smallest absolute Gasteiger partial charge is 0.251 e. The lowest BCUT2D eigenvalue weighted by Gasteiger charge is -2.09. The van der Waals surface area contributed by atoms with Crippen molar-refractivity contribution in [3.8, 4) is 0 Å². The van der Waals surface area contributed by atoms with E-state index in [-0.39, 0.29) is 5.91 Å². The van der Waals surface area contributed by atoms with Crippen LogP contribution in [-0.4, -0.2) is 20.3 Å². The topological polar surface area (TPSA) is 51.9 Å². The Bertz CT molecular complexity index is 1180. The van der Waals surface area contributed by atoms with Gasteiger partial charge in [-0.25, -0.2) is 0 Å². The Hall–Kier alpha value is -3.34. The van der Waals surface area contributed by atoms with Crippen LogP contribution in [0.1, 0.15) is 38.4 Å². The minimum atomic E-state index is -0.0667. The number of benzene rings is 2. The van der Waals surface area contributed by atoms with Crippen LogP contribution in [0.2, 0.25) is 0 Å². The molecule has 0 unspecified atom stereocenters. The Balaban J connectivity index is 1.60. The molecule has 1 amide bonds. The second-order valence-electron chi connectivity index (χ2n) is 7.58. The van der Waals surface area contributed by atoms with Crippen LogP contribution in [0, 0.1) is 20.8 Å². The first-order valence-corrected chi connectivity index (χ1v) is 9.84. The van der Waals surface area contributed by atoms with Gasteiger partial charge in [0.25, 0.3) is 5.91 Å². The van der Waals surface area contributed by atoms with Crippen molar-refractivity contribution in [2.24, 2.45) is 7.05 Å². The number of aromatic nitrogens is 3. The maximum Gasteiger partial charge on any atom is 0.251 e. The van der Waals surface area contributed by atoms with E-state index in [2.05, 4.69) is 59.2 Å². The highest BCUT2D eigenvalue weighted by molar-refractivity contribution is 5.99. The van der Waals surface area contributed by atoms with Gasteiger partial charge in [0.05, 0.1) is 6.20 Å². The summed E-state index contributed by atoms with van der Waals surface area (Å²) in [5, 5.41) is 8.37. The third kappa shape index (κ3) is 3.56. The fourth-order valence-corrected chi connectivity index (χ4v) is 3.76. The van der Waals surface area contributed by atoms with E-state index in [1.54, 1.807) is 6.20 Å². The molecule has 2 aromatic heterocycles. The quantitative estimate of drug-likeness (QED) is 0.557. The maximum atomic E-state index is 12.7. The zero-order chi connectivity index (χ0) is 20.5. The number of amides is 1. The Kier molecular flexibility index (Phi) is 4.97. The van der Waals surface area contributed by atoms with E-state index in [9.17, 15) is 4.79 Å². The molecule has 148 valence electrons. The summed E-state index contributed by atoms with van der Waals surface area (Å²) >= 11 is 0. The SMILES string of the molecule is Cc1c(C)n(Cc2ccccc2)c2ccc(C(=O)NCc3cnn(C)c3C)cc12. The van der Waals surface area contributed by atoms with Gasteiger partial charge in [0.1, 0.15) is 0 Å². The lowest BCUT2D eigenvalue weighted by atomic mass is 10.1. The summed E-state index contributed by atoms with van der Waals surface area (Å²) in [4.78, 5) is 12.7. The second-order valence-corrected chi connectivity index (χ2v) is 7.58. The molecular weight excluding hydrogens is 360 g/mol. The fourth-order valence-electron chi connectivity index (χ4n) is 3.76. The average molecular weight is 386 g/mol. The monoisotopic (exact) mass is 386 g/mol. The molecule has 2 heterocycles. The van der Waals surface area contributed by atoms with E-state index >= 15 is 0 Å². The van der Waals surface area contributed by atoms with Crippen molar-refractivity contribution in [1.82, 2.24) is 19.7 Å². The second kappa shape index (κ2) is 7.59. The maximum absolute atomic E-state index is 12.7. The molecule has 2 aromatic carbocycles. The Labute approximate surface area is 171 Å². The number of nitrogens with zero attached hydrogens (tertiary/aromatic N) is 3. The number of hydrogen-bond donors (Lipinski definition) is 1. The Morgan fingerprint density at radius 3 is 2.48 bits per heavy atom. The summed E-state index contributed by atoms with van der Waals surface area (Å²) in [7, 11) is 1.90. The van der Waals surface area contributed by atoms with Crippen molar-refractivity contribution in [2.45, 2.75) is 33.9 Å². The van der Waals surface area contributed by atoms with Gasteiger partial charge < -0.3 is 9.88 Å². The molecular formula is C24H26N4O. The van der Waals surface area contributed by atoms with Gasteiger partial charge in [-0.05, 0) is 50.1 Å². The lowest BCUT2D eigenvalue weighted by Crippen LogP contribution is -2.23. The first-order valence-electron chi connectivity index (χ1n) is 9.84. The van der Waals surface area contributed by atoms with Gasteiger partial charge in [0.2, 0.25) is 0 Å². The van der Waals surface area contributed by atoms with Crippen molar-refractivity contribution in [3.05, 3.63) is 88.4 Å². The van der Waals surface area contributed by atoms with E-state index in [1.807, 2.05) is 36.9 Å². The summed E-state index contributed by atoms with van der Waals surface area (Å²) < 4.78 is 4.13. The largest absolute Gasteiger partial charge is 0.348 e. The molecule has 0 saturated carbocycles. The number of carbonyl (C=O) groups is 1. The van der Waals surface area contributed by atoms with Crippen LogP contribution in [0.3, 0.4) is 0 Å². The number of hydrogen-bond acceptors (Lipinski definition) is 2. The molecule has 0 saturated heterocycles. The lowest BCUT2D eigenvalue weighted by molar-refractivity contribution is 0.0951. The van der Waals surface area contributed by atoms with Crippen molar-refractivity contribution in [1.29, 1.82) is 0 Å². The summed E-state index contributed by atoms with van der Waals surface area (Å²) in [5.74, 6) is -0.0667. The molecule has 0 fully saturated rings. The number of rotatable bonds is 5. The predicted octanol–water partition coefficient (Wildman–Crippen LogP) is 4.28. The first kappa shape index (κ1) is 19.0. The van der Waals surface area contributed by atoms with E-state index in [0.717, 1.165) is 28.7 Å². The highest BCUT2D eigenvalue weighted by Gasteiger charge is 2.15. The molecule has 4 rings (SSSR count). The molecule has 0 radical (unpaired) electrons. The van der Waals surface area contributed by atoms with Gasteiger partial charge in [-0.3, -0.25) is 9.48 Å². The molecule has 29 heavy (non-hydrogen) atoms. The van der Waals surface area contributed by atoms with Crippen molar-refractivity contribution >= 4 is 16.8 Å². The van der Waals surface area contributed by atoms with E-state index in [4.69, 9.17) is 0 Å². The molecule has 5 nitrogen and oxygen atoms in total. The summed E-state index contributed by atoms with van der Waals surface area (Å²) in [5.41, 5.74) is 7.64. The van der Waals surface area contributed by atoms with Crippen LogP contribution in [0.15, 0.2) is 54.7 Å². The molecule has 0 aliphatic rings. The fraction of sp³-hybridized carbons (Fsp3) is 0.250. The molecule has 4 aromatic rings. The van der Waals surface area contributed by atoms with E-state index in [1.165, 1.54) is 16.8 Å². The van der Waals surface area contributed by atoms with Gasteiger partial charge in [0, 0.05) is 53.6 Å². The number of fused-ring (bicyclic) bond motifs is 1. The number of nitrogens with one attached hydrogen (secondary N) is 1. The van der Waals surface area contributed by atoms with Crippen LogP contribution in [0.5, 0.6) is 0 Å². The predicted molar refractivity (Wildman–Crippen MR) is 116 cm³/mol. The van der Waals surface area contributed by atoms with Gasteiger partial charge >= 0.3 is 0 Å². The minimum absolute atomic E-state index is 0.0667. The third-order valence-electron chi connectivity index (χ3n) is 5.86. The minimum Gasteiger partial charge on any atom is -0.348 e. The molecule has 0 aliphatic carbocycles. The molecule has 0 bridgehead atoms. The molecule has 1 N–H and O–H groups in total. The standard InChI is InChI=1S/C24H26N4O/c1-16-17(2)28(15-19-8-6-5-7-9-19)23-11-10-20(12-22(16)23)24(29)25-13-21-14-26-27(4)18(21)3/h5-12,14H,13,15H2,1-4H3,(H,25,29). The number of aryl methyl sites for hydroxylation is 2. The van der Waals surface area contributed by atoms with Crippen LogP contribution >= 0.6 is 0 Å². The molecule has 5 heteroatoms. The molecule has 0 atom stereocenters. The zero-order valence-corrected chi connectivity index (χ0v) is 17.4. The summed E-state index contributed by atoms with van der Waals surface area (Å²) in [6.07, 6.45) is 1.80. The van der Waals surface area contributed by atoms with Crippen LogP contribution < -0.4 is 5.32 Å². The third-order valence-corrected chi connectivity index (χ3v) is 5.86. The van der Waals surface area contributed by atoms with E-state index in [0.29, 0.717) is 12.1 Å². The highest BCUT2D eigenvalue weighted by Crippen LogP contribution is 2.27. The highest BCUT2D eigenvalue weighted by atomic mass is 16.1.